The van der Waals surface area contributed by atoms with E-state index in [0.29, 0.717) is 21.9 Å². The lowest BCUT2D eigenvalue weighted by molar-refractivity contribution is 0.102. The van der Waals surface area contributed by atoms with Crippen molar-refractivity contribution in [2.45, 2.75) is 0 Å². The van der Waals surface area contributed by atoms with Crippen molar-refractivity contribution < 1.29 is 9.53 Å². The SMILES string of the molecule is COc1ccccc1C(=O)Nc1sccc1C#N. The largest absolute Gasteiger partial charge is 0.496 e. The van der Waals surface area contributed by atoms with Gasteiger partial charge in [-0.25, -0.2) is 0 Å². The minimum atomic E-state index is -0.286. The van der Waals surface area contributed by atoms with Crippen molar-refractivity contribution >= 4 is 22.2 Å². The summed E-state index contributed by atoms with van der Waals surface area (Å²) in [5.74, 6) is 0.219. The highest BCUT2D eigenvalue weighted by atomic mass is 32.1. The number of nitrogens with zero attached hydrogens (tertiary/aromatic N) is 1. The highest BCUT2D eigenvalue weighted by Crippen LogP contribution is 2.24. The summed E-state index contributed by atoms with van der Waals surface area (Å²) in [6, 6.07) is 10.6. The molecule has 1 aromatic heterocycles. The number of hydrogen-bond acceptors (Lipinski definition) is 4. The van der Waals surface area contributed by atoms with Crippen LogP contribution in [0.5, 0.6) is 5.75 Å². The van der Waals surface area contributed by atoms with Crippen molar-refractivity contribution in [1.29, 1.82) is 5.26 Å². The van der Waals surface area contributed by atoms with Gasteiger partial charge in [0, 0.05) is 0 Å². The van der Waals surface area contributed by atoms with Crippen LogP contribution in [0.2, 0.25) is 0 Å². The quantitative estimate of drug-likeness (QED) is 0.920. The Morgan fingerprint density at radius 2 is 2.17 bits per heavy atom. The second-order valence-electron chi connectivity index (χ2n) is 3.43. The molecule has 2 aromatic rings. The fraction of sp³-hybridized carbons (Fsp3) is 0.0769. The monoisotopic (exact) mass is 258 g/mol. The molecule has 1 aromatic carbocycles. The van der Waals surface area contributed by atoms with Crippen molar-refractivity contribution in [2.75, 3.05) is 12.4 Å². The van der Waals surface area contributed by atoms with Gasteiger partial charge >= 0.3 is 0 Å². The molecule has 0 saturated heterocycles. The van der Waals surface area contributed by atoms with Gasteiger partial charge in [-0.15, -0.1) is 11.3 Å². The lowest BCUT2D eigenvalue weighted by Crippen LogP contribution is -2.12. The molecule has 0 atom stereocenters. The molecule has 90 valence electrons. The van der Waals surface area contributed by atoms with Gasteiger partial charge in [0.25, 0.3) is 5.91 Å². The van der Waals surface area contributed by atoms with E-state index in [1.165, 1.54) is 18.4 Å². The van der Waals surface area contributed by atoms with Crippen molar-refractivity contribution in [3.8, 4) is 11.8 Å². The Hall–Kier alpha value is -2.32. The third kappa shape index (κ3) is 2.34. The third-order valence-electron chi connectivity index (χ3n) is 2.36. The van der Waals surface area contributed by atoms with Crippen molar-refractivity contribution in [1.82, 2.24) is 0 Å². The van der Waals surface area contributed by atoms with Crippen LogP contribution in [-0.4, -0.2) is 13.0 Å². The number of thiophene rings is 1. The molecular weight excluding hydrogens is 248 g/mol. The smallest absolute Gasteiger partial charge is 0.260 e. The van der Waals surface area contributed by atoms with Crippen molar-refractivity contribution in [3.63, 3.8) is 0 Å². The number of nitriles is 1. The van der Waals surface area contributed by atoms with Crippen LogP contribution in [0.3, 0.4) is 0 Å². The van der Waals surface area contributed by atoms with Crippen LogP contribution in [0.4, 0.5) is 5.00 Å². The fourth-order valence-electron chi connectivity index (χ4n) is 1.50. The Morgan fingerprint density at radius 1 is 1.39 bits per heavy atom. The second-order valence-corrected chi connectivity index (χ2v) is 4.35. The van der Waals surface area contributed by atoms with E-state index in [0.717, 1.165) is 0 Å². The number of amides is 1. The first-order valence-electron chi connectivity index (χ1n) is 5.18. The molecule has 0 aliphatic carbocycles. The third-order valence-corrected chi connectivity index (χ3v) is 3.19. The van der Waals surface area contributed by atoms with Crippen LogP contribution in [0.1, 0.15) is 15.9 Å². The highest BCUT2D eigenvalue weighted by molar-refractivity contribution is 7.14. The Morgan fingerprint density at radius 3 is 2.89 bits per heavy atom. The normalized spacial score (nSPS) is 9.56. The number of carbonyl (C=O) groups excluding carboxylic acids is 1. The Labute approximate surface area is 108 Å². The Bertz CT molecular complexity index is 613. The fourth-order valence-corrected chi connectivity index (χ4v) is 2.23. The highest BCUT2D eigenvalue weighted by Gasteiger charge is 2.13. The van der Waals surface area contributed by atoms with E-state index in [1.54, 1.807) is 35.7 Å². The van der Waals surface area contributed by atoms with Gasteiger partial charge in [-0.3, -0.25) is 4.79 Å². The number of benzene rings is 1. The molecule has 1 amide bonds. The van der Waals surface area contributed by atoms with Gasteiger partial charge < -0.3 is 10.1 Å². The lowest BCUT2D eigenvalue weighted by Gasteiger charge is -2.07. The number of methoxy groups -OCH3 is 1. The van der Waals surface area contributed by atoms with Crippen LogP contribution in [0, 0.1) is 11.3 Å². The predicted octanol–water partition coefficient (Wildman–Crippen LogP) is 2.88. The number of hydrogen-bond donors (Lipinski definition) is 1. The van der Waals surface area contributed by atoms with E-state index in [1.807, 2.05) is 6.07 Å². The van der Waals surface area contributed by atoms with E-state index in [2.05, 4.69) is 5.32 Å². The van der Waals surface area contributed by atoms with E-state index >= 15 is 0 Å². The minimum absolute atomic E-state index is 0.286. The molecular formula is C13H10N2O2S. The summed E-state index contributed by atoms with van der Waals surface area (Å²) in [5.41, 5.74) is 0.903. The van der Waals surface area contributed by atoms with Gasteiger partial charge in [-0.05, 0) is 23.6 Å². The number of anilines is 1. The van der Waals surface area contributed by atoms with Crippen LogP contribution >= 0.6 is 11.3 Å². The van der Waals surface area contributed by atoms with Gasteiger partial charge in [0.05, 0.1) is 18.2 Å². The molecule has 2 rings (SSSR count). The maximum Gasteiger partial charge on any atom is 0.260 e. The average Bonchev–Trinajstić information content (AvgIpc) is 2.85. The zero-order chi connectivity index (χ0) is 13.0. The average molecular weight is 258 g/mol. The number of carbonyl (C=O) groups is 1. The summed E-state index contributed by atoms with van der Waals surface area (Å²) in [4.78, 5) is 12.1. The van der Waals surface area contributed by atoms with Gasteiger partial charge in [-0.2, -0.15) is 5.26 Å². The predicted molar refractivity (Wildman–Crippen MR) is 70.0 cm³/mol. The zero-order valence-electron chi connectivity index (χ0n) is 9.64. The number of para-hydroxylation sites is 1. The molecule has 0 fully saturated rings. The van der Waals surface area contributed by atoms with Gasteiger partial charge in [0.1, 0.15) is 16.8 Å². The molecule has 0 aliphatic heterocycles. The van der Waals surface area contributed by atoms with Crippen LogP contribution in [-0.2, 0) is 0 Å². The van der Waals surface area contributed by atoms with E-state index in [9.17, 15) is 4.79 Å². The van der Waals surface area contributed by atoms with Crippen LogP contribution in [0.15, 0.2) is 35.7 Å². The molecule has 18 heavy (non-hydrogen) atoms. The standard InChI is InChI=1S/C13H10N2O2S/c1-17-11-5-3-2-4-10(11)12(16)15-13-9(8-14)6-7-18-13/h2-7H,1H3,(H,15,16). The summed E-state index contributed by atoms with van der Waals surface area (Å²) in [6.45, 7) is 0. The number of nitrogens with one attached hydrogen (secondary N) is 1. The van der Waals surface area contributed by atoms with Crippen molar-refractivity contribution in [2.24, 2.45) is 0 Å². The van der Waals surface area contributed by atoms with Crippen LogP contribution < -0.4 is 10.1 Å². The second kappa shape index (κ2) is 5.34. The van der Waals surface area contributed by atoms with Gasteiger partial charge in [0.2, 0.25) is 0 Å². The summed E-state index contributed by atoms with van der Waals surface area (Å²) >= 11 is 1.32. The maximum atomic E-state index is 12.1. The molecule has 0 saturated carbocycles. The maximum absolute atomic E-state index is 12.1. The molecule has 0 radical (unpaired) electrons. The topological polar surface area (TPSA) is 62.1 Å². The Balaban J connectivity index is 2.25. The van der Waals surface area contributed by atoms with Crippen LogP contribution in [0.25, 0.3) is 0 Å². The molecule has 1 N–H and O–H groups in total. The van der Waals surface area contributed by atoms with E-state index < -0.39 is 0 Å². The molecule has 4 nitrogen and oxygen atoms in total. The summed E-state index contributed by atoms with van der Waals surface area (Å²) in [7, 11) is 1.51. The number of rotatable bonds is 3. The molecule has 0 spiro atoms. The van der Waals surface area contributed by atoms with Gasteiger partial charge in [-0.1, -0.05) is 12.1 Å². The van der Waals surface area contributed by atoms with Gasteiger partial charge in [0.15, 0.2) is 0 Å². The molecule has 0 bridgehead atoms. The van der Waals surface area contributed by atoms with E-state index in [-0.39, 0.29) is 5.91 Å². The summed E-state index contributed by atoms with van der Waals surface area (Å²) < 4.78 is 5.12. The van der Waals surface area contributed by atoms with Crippen molar-refractivity contribution in [3.05, 3.63) is 46.8 Å². The molecule has 1 heterocycles. The summed E-state index contributed by atoms with van der Waals surface area (Å²) in [5, 5.41) is 13.9. The first-order valence-corrected chi connectivity index (χ1v) is 6.06. The number of ether oxygens (including phenoxy) is 1. The Kier molecular flexibility index (Phi) is 3.60. The molecule has 0 unspecified atom stereocenters. The zero-order valence-corrected chi connectivity index (χ0v) is 10.5. The summed E-state index contributed by atoms with van der Waals surface area (Å²) in [6.07, 6.45) is 0. The minimum Gasteiger partial charge on any atom is -0.496 e. The first-order chi connectivity index (χ1) is 8.76. The molecule has 0 aliphatic rings. The van der Waals surface area contributed by atoms with E-state index in [4.69, 9.17) is 10.00 Å². The lowest BCUT2D eigenvalue weighted by atomic mass is 10.2. The molecule has 5 heteroatoms. The first kappa shape index (κ1) is 12.1.